The van der Waals surface area contributed by atoms with Crippen molar-refractivity contribution in [3.8, 4) is 11.3 Å². The summed E-state index contributed by atoms with van der Waals surface area (Å²) in [6.45, 7) is 2.13. The van der Waals surface area contributed by atoms with E-state index in [1.807, 2.05) is 38.2 Å². The molecule has 0 saturated carbocycles. The maximum atomic E-state index is 14.3. The molecule has 1 N–H and O–H groups in total. The normalized spacial score (nSPS) is 12.2. The second-order valence-electron chi connectivity index (χ2n) is 6.59. The van der Waals surface area contributed by atoms with E-state index in [4.69, 9.17) is 0 Å². The standard InChI is InChI=1S/C21H20BFN4/c1-2-18(14-8-4-3-5-9-14)25-20-12-19(15-10-6-7-11-17(15)23)26-21-16(22)13-24-27(20)21/h3-13,18,25H,2,22H2,1H3/t18-/m1/s1. The first-order chi connectivity index (χ1) is 13.2. The number of nitrogens with zero attached hydrogens (tertiary/aromatic N) is 3. The van der Waals surface area contributed by atoms with Crippen molar-refractivity contribution in [2.24, 2.45) is 0 Å². The Morgan fingerprint density at radius 1 is 1.11 bits per heavy atom. The second kappa shape index (κ2) is 7.23. The highest BCUT2D eigenvalue weighted by atomic mass is 19.1. The summed E-state index contributed by atoms with van der Waals surface area (Å²) in [4.78, 5) is 4.65. The van der Waals surface area contributed by atoms with E-state index in [1.165, 1.54) is 11.6 Å². The van der Waals surface area contributed by atoms with E-state index in [2.05, 4.69) is 34.5 Å². The first-order valence-electron chi connectivity index (χ1n) is 9.09. The SMILES string of the molecule is Bc1cnn2c(N[C@H](CC)c3ccccc3)cc(-c3ccccc3F)nc12. The van der Waals surface area contributed by atoms with Crippen molar-refractivity contribution in [1.82, 2.24) is 14.6 Å². The monoisotopic (exact) mass is 358 g/mol. The van der Waals surface area contributed by atoms with Crippen LogP contribution in [-0.2, 0) is 0 Å². The number of benzene rings is 2. The molecule has 27 heavy (non-hydrogen) atoms. The average molecular weight is 358 g/mol. The summed E-state index contributed by atoms with van der Waals surface area (Å²) in [7, 11) is 1.96. The van der Waals surface area contributed by atoms with Crippen molar-refractivity contribution in [1.29, 1.82) is 0 Å². The molecule has 0 bridgehead atoms. The molecule has 0 spiro atoms. The zero-order valence-corrected chi connectivity index (χ0v) is 15.4. The second-order valence-corrected chi connectivity index (χ2v) is 6.59. The van der Waals surface area contributed by atoms with Crippen LogP contribution in [0.3, 0.4) is 0 Å². The van der Waals surface area contributed by atoms with Crippen LogP contribution in [0.4, 0.5) is 10.2 Å². The van der Waals surface area contributed by atoms with Gasteiger partial charge in [-0.25, -0.2) is 9.37 Å². The van der Waals surface area contributed by atoms with Crippen LogP contribution in [-0.4, -0.2) is 22.4 Å². The summed E-state index contributed by atoms with van der Waals surface area (Å²) in [6.07, 6.45) is 2.69. The zero-order valence-electron chi connectivity index (χ0n) is 15.4. The predicted octanol–water partition coefficient (Wildman–Crippen LogP) is 3.36. The minimum atomic E-state index is -0.285. The zero-order chi connectivity index (χ0) is 18.8. The molecule has 134 valence electrons. The van der Waals surface area contributed by atoms with Crippen LogP contribution >= 0.6 is 0 Å². The number of anilines is 1. The maximum absolute atomic E-state index is 14.3. The number of nitrogens with one attached hydrogen (secondary N) is 1. The molecule has 2 aromatic carbocycles. The number of hydrogen-bond acceptors (Lipinski definition) is 3. The molecule has 2 heterocycles. The molecule has 0 fully saturated rings. The van der Waals surface area contributed by atoms with Crippen LogP contribution in [0.5, 0.6) is 0 Å². The van der Waals surface area contributed by atoms with E-state index in [9.17, 15) is 4.39 Å². The number of halogens is 1. The van der Waals surface area contributed by atoms with Crippen LogP contribution in [0, 0.1) is 5.82 Å². The number of hydrogen-bond donors (Lipinski definition) is 1. The van der Waals surface area contributed by atoms with Gasteiger partial charge in [-0.2, -0.15) is 9.61 Å². The lowest BCUT2D eigenvalue weighted by atomic mass is 10.0. The molecule has 1 atom stereocenters. The Balaban J connectivity index is 1.83. The Hall–Kier alpha value is -3.15. The van der Waals surface area contributed by atoms with Gasteiger partial charge in [-0.3, -0.25) is 0 Å². The third-order valence-corrected chi connectivity index (χ3v) is 4.73. The molecule has 0 radical (unpaired) electrons. The molecule has 6 heteroatoms. The Bertz CT molecular complexity index is 1080. The molecule has 4 aromatic rings. The summed E-state index contributed by atoms with van der Waals surface area (Å²) in [5.74, 6) is 0.509. The summed E-state index contributed by atoms with van der Waals surface area (Å²) in [5, 5.41) is 8.02. The van der Waals surface area contributed by atoms with Crippen molar-refractivity contribution in [3.63, 3.8) is 0 Å². The van der Waals surface area contributed by atoms with Crippen LogP contribution in [0.1, 0.15) is 24.9 Å². The van der Waals surface area contributed by atoms with Gasteiger partial charge in [0.1, 0.15) is 19.5 Å². The van der Waals surface area contributed by atoms with Gasteiger partial charge in [0.15, 0.2) is 5.65 Å². The molecule has 0 aliphatic rings. The van der Waals surface area contributed by atoms with Crippen molar-refractivity contribution in [3.05, 3.63) is 78.2 Å². The third-order valence-electron chi connectivity index (χ3n) is 4.73. The molecular formula is C21H20BFN4. The van der Waals surface area contributed by atoms with Gasteiger partial charge in [0.05, 0.1) is 11.7 Å². The Labute approximate surface area is 158 Å². The molecule has 4 nitrogen and oxygen atoms in total. The van der Waals surface area contributed by atoms with Crippen LogP contribution < -0.4 is 10.8 Å². The van der Waals surface area contributed by atoms with Gasteiger partial charge in [-0.15, -0.1) is 0 Å². The minimum absolute atomic E-state index is 0.120. The average Bonchev–Trinajstić information content (AvgIpc) is 3.08. The van der Waals surface area contributed by atoms with Crippen molar-refractivity contribution in [2.75, 3.05) is 5.32 Å². The highest BCUT2D eigenvalue weighted by Gasteiger charge is 2.16. The molecular weight excluding hydrogens is 338 g/mol. The van der Waals surface area contributed by atoms with Crippen molar-refractivity contribution < 1.29 is 4.39 Å². The Morgan fingerprint density at radius 3 is 2.59 bits per heavy atom. The lowest BCUT2D eigenvalue weighted by molar-refractivity contribution is 0.630. The van der Waals surface area contributed by atoms with Gasteiger partial charge >= 0.3 is 0 Å². The van der Waals surface area contributed by atoms with Crippen molar-refractivity contribution in [2.45, 2.75) is 19.4 Å². The van der Waals surface area contributed by atoms with E-state index >= 15 is 0 Å². The van der Waals surface area contributed by atoms with Gasteiger partial charge in [-0.05, 0) is 29.6 Å². The van der Waals surface area contributed by atoms with Gasteiger partial charge in [0.2, 0.25) is 0 Å². The van der Waals surface area contributed by atoms with Gasteiger partial charge in [0, 0.05) is 17.8 Å². The van der Waals surface area contributed by atoms with Gasteiger partial charge in [-0.1, -0.05) is 49.4 Å². The summed E-state index contributed by atoms with van der Waals surface area (Å²) < 4.78 is 16.1. The molecule has 0 amide bonds. The van der Waals surface area contributed by atoms with E-state index in [-0.39, 0.29) is 11.9 Å². The van der Waals surface area contributed by atoms with E-state index in [0.717, 1.165) is 23.3 Å². The summed E-state index contributed by atoms with van der Waals surface area (Å²) >= 11 is 0. The maximum Gasteiger partial charge on any atom is 0.151 e. The largest absolute Gasteiger partial charge is 0.363 e. The highest BCUT2D eigenvalue weighted by molar-refractivity contribution is 6.36. The van der Waals surface area contributed by atoms with Gasteiger partial charge in [0.25, 0.3) is 0 Å². The molecule has 0 unspecified atom stereocenters. The lowest BCUT2D eigenvalue weighted by Gasteiger charge is -2.20. The first-order valence-corrected chi connectivity index (χ1v) is 9.09. The van der Waals surface area contributed by atoms with Crippen LogP contribution in [0.15, 0.2) is 66.9 Å². The molecule has 0 saturated heterocycles. The molecule has 2 aromatic heterocycles. The quantitative estimate of drug-likeness (QED) is 0.557. The Kier molecular flexibility index (Phi) is 4.63. The first kappa shape index (κ1) is 17.3. The molecule has 0 aliphatic carbocycles. The van der Waals surface area contributed by atoms with Gasteiger partial charge < -0.3 is 5.32 Å². The molecule has 4 rings (SSSR count). The van der Waals surface area contributed by atoms with Crippen LogP contribution in [0.2, 0.25) is 0 Å². The fourth-order valence-corrected chi connectivity index (χ4v) is 3.27. The smallest absolute Gasteiger partial charge is 0.151 e. The number of fused-ring (bicyclic) bond motifs is 1. The topological polar surface area (TPSA) is 42.2 Å². The minimum Gasteiger partial charge on any atom is -0.363 e. The fourth-order valence-electron chi connectivity index (χ4n) is 3.27. The fraction of sp³-hybridized carbons (Fsp3) is 0.143. The third kappa shape index (κ3) is 3.30. The highest BCUT2D eigenvalue weighted by Crippen LogP contribution is 2.27. The van der Waals surface area contributed by atoms with E-state index in [0.29, 0.717) is 11.3 Å². The van der Waals surface area contributed by atoms with Crippen molar-refractivity contribution >= 4 is 24.8 Å². The van der Waals surface area contributed by atoms with Crippen LogP contribution in [0.25, 0.3) is 16.9 Å². The molecule has 0 aliphatic heterocycles. The Morgan fingerprint density at radius 2 is 1.85 bits per heavy atom. The number of aromatic nitrogens is 3. The number of rotatable bonds is 5. The lowest BCUT2D eigenvalue weighted by Crippen LogP contribution is -2.14. The van der Waals surface area contributed by atoms with E-state index in [1.54, 1.807) is 22.8 Å². The summed E-state index contributed by atoms with van der Waals surface area (Å²) in [6, 6.07) is 19.0. The summed E-state index contributed by atoms with van der Waals surface area (Å²) in [5.41, 5.74) is 3.94. The van der Waals surface area contributed by atoms with E-state index < -0.39 is 0 Å². The predicted molar refractivity (Wildman–Crippen MR) is 110 cm³/mol.